The van der Waals surface area contributed by atoms with E-state index >= 15 is 0 Å². The molecule has 3 aromatic carbocycles. The van der Waals surface area contributed by atoms with E-state index < -0.39 is 58.4 Å². The number of hydrogen-bond donors (Lipinski definition) is 11. The van der Waals surface area contributed by atoms with Crippen LogP contribution in [0.15, 0.2) is 48.7 Å². The lowest BCUT2D eigenvalue weighted by molar-refractivity contribution is -0.129. The standard InChI is InChI=1S/C26H27N3O10/c27-15(5-13-8-19(32)23(36)20(33)9-13)25(38)29-16(6-14-10-21(34)24(37)22(35)11-14)26(39)28-4-3-12-1-2-17(30)18(31)7-12/h1-4,7-11,15-16,30-37H,5-6,27H2,(H,28,39)(H,29,38)/b4-3+. The van der Waals surface area contributed by atoms with E-state index in [0.717, 1.165) is 24.3 Å². The molecule has 0 saturated heterocycles. The van der Waals surface area contributed by atoms with Gasteiger partial charge in [-0.25, -0.2) is 0 Å². The summed E-state index contributed by atoms with van der Waals surface area (Å²) in [5, 5.41) is 82.0. The Labute approximate surface area is 221 Å². The fourth-order valence-electron chi connectivity index (χ4n) is 3.59. The summed E-state index contributed by atoms with van der Waals surface area (Å²) in [7, 11) is 0. The van der Waals surface area contributed by atoms with Gasteiger partial charge in [-0.1, -0.05) is 6.07 Å². The predicted octanol–water partition coefficient (Wildman–Crippen LogP) is 0.716. The summed E-state index contributed by atoms with van der Waals surface area (Å²) < 4.78 is 0. The van der Waals surface area contributed by atoms with Crippen LogP contribution < -0.4 is 16.4 Å². The van der Waals surface area contributed by atoms with Gasteiger partial charge >= 0.3 is 0 Å². The second kappa shape index (κ2) is 11.8. The predicted molar refractivity (Wildman–Crippen MR) is 137 cm³/mol. The summed E-state index contributed by atoms with van der Waals surface area (Å²) in [5.41, 5.74) is 6.79. The summed E-state index contributed by atoms with van der Waals surface area (Å²) >= 11 is 0. The smallest absolute Gasteiger partial charge is 0.246 e. The highest BCUT2D eigenvalue weighted by atomic mass is 16.3. The number of aromatic hydroxyl groups is 8. The zero-order valence-corrected chi connectivity index (χ0v) is 20.2. The average Bonchev–Trinajstić information content (AvgIpc) is 2.87. The first-order chi connectivity index (χ1) is 18.3. The zero-order chi connectivity index (χ0) is 28.9. The summed E-state index contributed by atoms with van der Waals surface area (Å²) in [5.74, 6) is -6.25. The molecule has 0 saturated carbocycles. The van der Waals surface area contributed by atoms with Gasteiger partial charge in [0.15, 0.2) is 46.0 Å². The third-order valence-corrected chi connectivity index (χ3v) is 5.62. The third kappa shape index (κ3) is 7.14. The van der Waals surface area contributed by atoms with Crippen LogP contribution in [0.2, 0.25) is 0 Å². The summed E-state index contributed by atoms with van der Waals surface area (Å²) in [6.07, 6.45) is 2.19. The molecule has 0 radical (unpaired) electrons. The van der Waals surface area contributed by atoms with Gasteiger partial charge in [-0.2, -0.15) is 0 Å². The van der Waals surface area contributed by atoms with E-state index in [1.807, 2.05) is 0 Å². The van der Waals surface area contributed by atoms with Crippen LogP contribution in [0.25, 0.3) is 6.08 Å². The van der Waals surface area contributed by atoms with Gasteiger partial charge in [0, 0.05) is 12.6 Å². The van der Waals surface area contributed by atoms with Crippen molar-refractivity contribution in [2.75, 3.05) is 0 Å². The lowest BCUT2D eigenvalue weighted by Gasteiger charge is -2.21. The summed E-state index contributed by atoms with van der Waals surface area (Å²) in [6.45, 7) is 0. The van der Waals surface area contributed by atoms with Crippen molar-refractivity contribution in [3.8, 4) is 46.0 Å². The molecule has 0 aliphatic carbocycles. The number of phenols is 8. The summed E-state index contributed by atoms with van der Waals surface area (Å²) in [6, 6.07) is 5.82. The van der Waals surface area contributed by atoms with Gasteiger partial charge in [-0.3, -0.25) is 9.59 Å². The lowest BCUT2D eigenvalue weighted by Crippen LogP contribution is -2.52. The molecule has 0 bridgehead atoms. The van der Waals surface area contributed by atoms with Gasteiger partial charge in [0.1, 0.15) is 6.04 Å². The molecule has 12 N–H and O–H groups in total. The van der Waals surface area contributed by atoms with Crippen molar-refractivity contribution < 1.29 is 50.4 Å². The fourth-order valence-corrected chi connectivity index (χ4v) is 3.59. The Morgan fingerprint density at radius 2 is 1.21 bits per heavy atom. The van der Waals surface area contributed by atoms with Crippen LogP contribution in [0.5, 0.6) is 46.0 Å². The van der Waals surface area contributed by atoms with Crippen molar-refractivity contribution in [1.82, 2.24) is 10.6 Å². The van der Waals surface area contributed by atoms with Crippen LogP contribution >= 0.6 is 0 Å². The average molecular weight is 542 g/mol. The number of carbonyl (C=O) groups is 2. The minimum absolute atomic E-state index is 0.178. The first-order valence-electron chi connectivity index (χ1n) is 11.4. The monoisotopic (exact) mass is 541 g/mol. The molecule has 0 aliphatic heterocycles. The molecule has 0 spiro atoms. The molecule has 3 rings (SSSR count). The number of carbonyl (C=O) groups excluding carboxylic acids is 2. The van der Waals surface area contributed by atoms with Gasteiger partial charge in [-0.05, 0) is 65.6 Å². The molecular weight excluding hydrogens is 514 g/mol. The van der Waals surface area contributed by atoms with Crippen molar-refractivity contribution in [3.63, 3.8) is 0 Å². The van der Waals surface area contributed by atoms with Crippen LogP contribution in [-0.2, 0) is 22.4 Å². The van der Waals surface area contributed by atoms with E-state index in [0.29, 0.717) is 5.56 Å². The summed E-state index contributed by atoms with van der Waals surface area (Å²) in [4.78, 5) is 25.8. The Bertz CT molecular complexity index is 1380. The number of nitrogens with one attached hydrogen (secondary N) is 2. The van der Waals surface area contributed by atoms with Crippen molar-refractivity contribution >= 4 is 17.9 Å². The van der Waals surface area contributed by atoms with Gasteiger partial charge in [0.05, 0.1) is 6.04 Å². The van der Waals surface area contributed by atoms with Crippen LogP contribution in [0.1, 0.15) is 16.7 Å². The number of rotatable bonds is 9. The molecule has 3 aromatic rings. The molecule has 206 valence electrons. The quantitative estimate of drug-likeness (QED) is 0.168. The number of nitrogens with two attached hydrogens (primary N) is 1. The molecule has 0 aromatic heterocycles. The molecule has 2 amide bonds. The number of hydrogen-bond acceptors (Lipinski definition) is 11. The topological polar surface area (TPSA) is 246 Å². The maximum absolute atomic E-state index is 13.0. The number of benzene rings is 3. The van der Waals surface area contributed by atoms with E-state index in [9.17, 15) is 50.4 Å². The molecule has 13 nitrogen and oxygen atoms in total. The molecule has 0 heterocycles. The van der Waals surface area contributed by atoms with E-state index in [4.69, 9.17) is 5.73 Å². The lowest BCUT2D eigenvalue weighted by atomic mass is 10.0. The fraction of sp³-hybridized carbons (Fsp3) is 0.154. The SMILES string of the molecule is NC(Cc1cc(O)c(O)c(O)c1)C(=O)NC(Cc1cc(O)c(O)c(O)c1)C(=O)N/C=C/c1ccc(O)c(O)c1. The van der Waals surface area contributed by atoms with E-state index in [1.165, 1.54) is 30.5 Å². The van der Waals surface area contributed by atoms with E-state index in [1.54, 1.807) is 0 Å². The Hall–Kier alpha value is -5.30. The Morgan fingerprint density at radius 3 is 1.72 bits per heavy atom. The zero-order valence-electron chi connectivity index (χ0n) is 20.2. The first kappa shape index (κ1) is 28.3. The van der Waals surface area contributed by atoms with Gasteiger partial charge in [0.2, 0.25) is 11.8 Å². The van der Waals surface area contributed by atoms with E-state index in [-0.39, 0.29) is 35.5 Å². The number of amides is 2. The molecule has 39 heavy (non-hydrogen) atoms. The largest absolute Gasteiger partial charge is 0.504 e. The third-order valence-electron chi connectivity index (χ3n) is 5.62. The molecule has 2 atom stereocenters. The minimum Gasteiger partial charge on any atom is -0.504 e. The van der Waals surface area contributed by atoms with E-state index in [2.05, 4.69) is 10.6 Å². The molecule has 13 heteroatoms. The first-order valence-corrected chi connectivity index (χ1v) is 11.4. The van der Waals surface area contributed by atoms with Gasteiger partial charge < -0.3 is 57.2 Å². The van der Waals surface area contributed by atoms with Gasteiger partial charge in [0.25, 0.3) is 0 Å². The second-order valence-electron chi connectivity index (χ2n) is 8.63. The highest BCUT2D eigenvalue weighted by Gasteiger charge is 2.25. The van der Waals surface area contributed by atoms with Crippen molar-refractivity contribution in [2.24, 2.45) is 5.73 Å². The van der Waals surface area contributed by atoms with Crippen molar-refractivity contribution in [1.29, 1.82) is 0 Å². The molecular formula is C26H27N3O10. The van der Waals surface area contributed by atoms with Crippen LogP contribution in [0.4, 0.5) is 0 Å². The van der Waals surface area contributed by atoms with Gasteiger partial charge in [-0.15, -0.1) is 0 Å². The Morgan fingerprint density at radius 1 is 0.692 bits per heavy atom. The normalized spacial score (nSPS) is 12.6. The van der Waals surface area contributed by atoms with Crippen molar-refractivity contribution in [2.45, 2.75) is 24.9 Å². The maximum atomic E-state index is 13.0. The highest BCUT2D eigenvalue weighted by molar-refractivity contribution is 5.90. The molecule has 2 unspecified atom stereocenters. The second-order valence-corrected chi connectivity index (χ2v) is 8.63. The van der Waals surface area contributed by atoms with Crippen molar-refractivity contribution in [3.05, 3.63) is 65.4 Å². The van der Waals surface area contributed by atoms with Crippen LogP contribution in [0, 0.1) is 0 Å². The maximum Gasteiger partial charge on any atom is 0.246 e. The highest BCUT2D eigenvalue weighted by Crippen LogP contribution is 2.36. The Kier molecular flexibility index (Phi) is 8.58. The number of phenolic OH excluding ortho intramolecular Hbond substituents is 8. The van der Waals surface area contributed by atoms with Crippen LogP contribution in [-0.4, -0.2) is 64.8 Å². The van der Waals surface area contributed by atoms with Crippen LogP contribution in [0.3, 0.4) is 0 Å². The molecule has 0 aliphatic rings. The minimum atomic E-state index is -1.30. The Balaban J connectivity index is 1.78. The molecule has 0 fully saturated rings.